The number of carbonyl (C=O) groups is 2. The van der Waals surface area contributed by atoms with Crippen LogP contribution < -0.4 is 15.0 Å². The summed E-state index contributed by atoms with van der Waals surface area (Å²) in [5, 5.41) is 2.85. The highest BCUT2D eigenvalue weighted by Gasteiger charge is 2.35. The number of carbonyl (C=O) groups excluding carboxylic acids is 2. The number of esters is 1. The highest BCUT2D eigenvalue weighted by atomic mass is 16.5. The number of benzene rings is 2. The van der Waals surface area contributed by atoms with Crippen LogP contribution in [-0.4, -0.2) is 37.6 Å². The third-order valence-electron chi connectivity index (χ3n) is 4.54. The number of hydrogen-bond acceptors (Lipinski definition) is 4. The molecular weight excluding hydrogens is 344 g/mol. The number of ether oxygens (including phenoxy) is 2. The number of para-hydroxylation sites is 1. The lowest BCUT2D eigenvalue weighted by atomic mass is 10.1. The largest absolute Gasteiger partial charge is 0.466 e. The number of amides is 1. The monoisotopic (exact) mass is 369 g/mol. The van der Waals surface area contributed by atoms with E-state index in [4.69, 9.17) is 9.47 Å². The maximum atomic E-state index is 12.3. The molecule has 6 nitrogen and oxygen atoms in total. The van der Waals surface area contributed by atoms with Gasteiger partial charge in [-0.1, -0.05) is 30.3 Å². The summed E-state index contributed by atoms with van der Waals surface area (Å²) >= 11 is 0. The number of piperazine rings is 1. The molecule has 1 unspecified atom stereocenters. The van der Waals surface area contributed by atoms with Crippen LogP contribution in [0.2, 0.25) is 0 Å². The summed E-state index contributed by atoms with van der Waals surface area (Å²) in [7, 11) is 0. The zero-order valence-electron chi connectivity index (χ0n) is 15.4. The standard InChI is InChI=1S/C21H24N2O4/c1-2-26-20(24)14-19-21(25)22-11-12-23(19)15-16-7-6-10-18(13-16)27-17-8-4-3-5-9-17/h3-10,13,19H,2,11-12,14-15H2,1H3,(H,22,25)/p+1/t19-/m0/s1. The van der Waals surface area contributed by atoms with Gasteiger partial charge in [-0.2, -0.15) is 0 Å². The van der Waals surface area contributed by atoms with Gasteiger partial charge in [0, 0.05) is 5.56 Å². The van der Waals surface area contributed by atoms with E-state index in [1.807, 2.05) is 54.6 Å². The van der Waals surface area contributed by atoms with Crippen LogP contribution >= 0.6 is 0 Å². The van der Waals surface area contributed by atoms with Crippen molar-refractivity contribution in [3.05, 3.63) is 60.2 Å². The van der Waals surface area contributed by atoms with Gasteiger partial charge in [0.05, 0.1) is 19.7 Å². The molecule has 1 heterocycles. The van der Waals surface area contributed by atoms with E-state index < -0.39 is 6.04 Å². The Balaban J connectivity index is 1.69. The Kier molecular flexibility index (Phi) is 6.44. The molecule has 2 aromatic carbocycles. The van der Waals surface area contributed by atoms with Gasteiger partial charge in [0.25, 0.3) is 5.91 Å². The second-order valence-corrected chi connectivity index (χ2v) is 6.50. The van der Waals surface area contributed by atoms with Crippen LogP contribution in [0.5, 0.6) is 11.5 Å². The maximum Gasteiger partial charge on any atom is 0.312 e. The van der Waals surface area contributed by atoms with Gasteiger partial charge >= 0.3 is 5.97 Å². The first-order valence-electron chi connectivity index (χ1n) is 9.25. The third-order valence-corrected chi connectivity index (χ3v) is 4.54. The second-order valence-electron chi connectivity index (χ2n) is 6.50. The van der Waals surface area contributed by atoms with E-state index in [0.29, 0.717) is 19.7 Å². The van der Waals surface area contributed by atoms with Crippen molar-refractivity contribution in [2.45, 2.75) is 25.9 Å². The molecule has 0 saturated carbocycles. The van der Waals surface area contributed by atoms with Crippen molar-refractivity contribution in [2.75, 3.05) is 19.7 Å². The predicted octanol–water partition coefficient (Wildman–Crippen LogP) is 1.32. The summed E-state index contributed by atoms with van der Waals surface area (Å²) in [4.78, 5) is 25.2. The lowest BCUT2D eigenvalue weighted by Crippen LogP contribution is -3.18. The minimum absolute atomic E-state index is 0.0925. The van der Waals surface area contributed by atoms with Gasteiger partial charge in [-0.15, -0.1) is 0 Å². The van der Waals surface area contributed by atoms with Crippen molar-refractivity contribution < 1.29 is 24.0 Å². The van der Waals surface area contributed by atoms with Crippen LogP contribution in [-0.2, 0) is 20.9 Å². The number of nitrogens with one attached hydrogen (secondary N) is 2. The Bertz CT molecular complexity index is 779. The highest BCUT2D eigenvalue weighted by molar-refractivity contribution is 5.85. The Hall–Kier alpha value is -2.86. The first-order chi connectivity index (χ1) is 13.2. The Morgan fingerprint density at radius 1 is 1.15 bits per heavy atom. The first kappa shape index (κ1) is 18.9. The topological polar surface area (TPSA) is 69.1 Å². The lowest BCUT2D eigenvalue weighted by Gasteiger charge is -2.31. The molecule has 0 spiro atoms. The maximum absolute atomic E-state index is 12.3. The molecular formula is C21H25N2O4+. The van der Waals surface area contributed by atoms with E-state index in [1.165, 1.54) is 0 Å². The third kappa shape index (κ3) is 5.31. The van der Waals surface area contributed by atoms with Gasteiger partial charge in [-0.05, 0) is 31.2 Å². The van der Waals surface area contributed by atoms with E-state index in [9.17, 15) is 9.59 Å². The SMILES string of the molecule is CCOC(=O)C[C@H]1C(=O)NCC[NH+]1Cc1cccc(Oc2ccccc2)c1. The molecule has 0 radical (unpaired) electrons. The van der Waals surface area contributed by atoms with Crippen LogP contribution in [0, 0.1) is 0 Å². The van der Waals surface area contributed by atoms with E-state index in [-0.39, 0.29) is 18.3 Å². The average Bonchev–Trinajstić information content (AvgIpc) is 2.66. The molecule has 3 rings (SSSR count). The molecule has 1 aliphatic heterocycles. The molecule has 27 heavy (non-hydrogen) atoms. The normalized spacial score (nSPS) is 19.2. The average molecular weight is 369 g/mol. The van der Waals surface area contributed by atoms with Crippen molar-refractivity contribution in [1.82, 2.24) is 5.32 Å². The fourth-order valence-corrected chi connectivity index (χ4v) is 3.27. The Morgan fingerprint density at radius 2 is 1.93 bits per heavy atom. The van der Waals surface area contributed by atoms with Crippen LogP contribution in [0.1, 0.15) is 18.9 Å². The molecule has 2 N–H and O–H groups in total. The van der Waals surface area contributed by atoms with Crippen molar-refractivity contribution in [1.29, 1.82) is 0 Å². The van der Waals surface area contributed by atoms with Gasteiger partial charge in [-0.25, -0.2) is 0 Å². The summed E-state index contributed by atoms with van der Waals surface area (Å²) < 4.78 is 10.9. The fourth-order valence-electron chi connectivity index (χ4n) is 3.27. The summed E-state index contributed by atoms with van der Waals surface area (Å²) in [6.07, 6.45) is 0.0925. The molecule has 0 aliphatic carbocycles. The lowest BCUT2D eigenvalue weighted by molar-refractivity contribution is -0.930. The molecule has 1 fully saturated rings. The summed E-state index contributed by atoms with van der Waals surface area (Å²) in [5.41, 5.74) is 1.06. The van der Waals surface area contributed by atoms with Gasteiger partial charge in [0.1, 0.15) is 24.5 Å². The second kappa shape index (κ2) is 9.19. The molecule has 1 amide bonds. The van der Waals surface area contributed by atoms with Crippen LogP contribution in [0.4, 0.5) is 0 Å². The van der Waals surface area contributed by atoms with Crippen molar-refractivity contribution in [3.63, 3.8) is 0 Å². The molecule has 0 bridgehead atoms. The van der Waals surface area contributed by atoms with Crippen molar-refractivity contribution in [3.8, 4) is 11.5 Å². The highest BCUT2D eigenvalue weighted by Crippen LogP contribution is 2.21. The van der Waals surface area contributed by atoms with E-state index in [2.05, 4.69) is 5.32 Å². The van der Waals surface area contributed by atoms with Crippen LogP contribution in [0.15, 0.2) is 54.6 Å². The minimum atomic E-state index is -0.434. The quantitative estimate of drug-likeness (QED) is 0.723. The van der Waals surface area contributed by atoms with Gasteiger partial charge in [0.15, 0.2) is 6.04 Å². The summed E-state index contributed by atoms with van der Waals surface area (Å²) in [6, 6.07) is 17.0. The summed E-state index contributed by atoms with van der Waals surface area (Å²) in [6.45, 7) is 4.10. The molecule has 2 atom stereocenters. The molecule has 2 aromatic rings. The molecule has 1 saturated heterocycles. The molecule has 6 heteroatoms. The number of hydrogen-bond donors (Lipinski definition) is 2. The number of quaternary nitrogens is 1. The van der Waals surface area contributed by atoms with E-state index >= 15 is 0 Å². The van der Waals surface area contributed by atoms with Crippen molar-refractivity contribution in [2.24, 2.45) is 0 Å². The van der Waals surface area contributed by atoms with E-state index in [0.717, 1.165) is 28.5 Å². The minimum Gasteiger partial charge on any atom is -0.466 e. The predicted molar refractivity (Wildman–Crippen MR) is 101 cm³/mol. The first-order valence-corrected chi connectivity index (χ1v) is 9.25. The van der Waals surface area contributed by atoms with Gasteiger partial charge < -0.3 is 19.7 Å². The molecule has 142 valence electrons. The fraction of sp³-hybridized carbons (Fsp3) is 0.333. The zero-order chi connectivity index (χ0) is 19.1. The number of rotatable bonds is 7. The van der Waals surface area contributed by atoms with Crippen LogP contribution in [0.3, 0.4) is 0 Å². The zero-order valence-corrected chi connectivity index (χ0v) is 15.4. The molecule has 0 aromatic heterocycles. The van der Waals surface area contributed by atoms with Gasteiger partial charge in [0.2, 0.25) is 0 Å². The Morgan fingerprint density at radius 3 is 2.70 bits per heavy atom. The smallest absolute Gasteiger partial charge is 0.312 e. The van der Waals surface area contributed by atoms with Gasteiger partial charge in [-0.3, -0.25) is 9.59 Å². The summed E-state index contributed by atoms with van der Waals surface area (Å²) in [5.74, 6) is 1.10. The van der Waals surface area contributed by atoms with Crippen LogP contribution in [0.25, 0.3) is 0 Å². The van der Waals surface area contributed by atoms with E-state index in [1.54, 1.807) is 6.92 Å². The molecule has 1 aliphatic rings. The van der Waals surface area contributed by atoms with Crippen molar-refractivity contribution >= 4 is 11.9 Å². The Labute approximate surface area is 159 Å².